The second kappa shape index (κ2) is 4.92. The predicted octanol–water partition coefficient (Wildman–Crippen LogP) is 0.617. The largest absolute Gasteiger partial charge is 0.245 e. The Hall–Kier alpha value is -0.230. The van der Waals surface area contributed by atoms with Crippen molar-refractivity contribution in [3.63, 3.8) is 0 Å². The van der Waals surface area contributed by atoms with Crippen LogP contribution in [0.1, 0.15) is 6.92 Å². The number of hydrogen-bond acceptors (Lipinski definition) is 4. The zero-order chi connectivity index (χ0) is 6.41. The second-order valence-electron chi connectivity index (χ2n) is 0.872. The highest BCUT2D eigenvalue weighted by atomic mass is 19.2. The van der Waals surface area contributed by atoms with E-state index in [1.54, 1.807) is 6.92 Å². The molecule has 0 saturated heterocycles. The summed E-state index contributed by atoms with van der Waals surface area (Å²) in [6.45, 7) is 1.81. The zero-order valence-corrected chi connectivity index (χ0v) is 4.76. The Morgan fingerprint density at radius 3 is 2.62 bits per heavy atom. The van der Waals surface area contributed by atoms with Crippen LogP contribution < -0.4 is 0 Å². The summed E-state index contributed by atoms with van der Waals surface area (Å²) in [7, 11) is 1.17. The lowest BCUT2D eigenvalue weighted by Crippen LogP contribution is -2.13. The van der Waals surface area contributed by atoms with Crippen LogP contribution in [0.4, 0.5) is 4.48 Å². The summed E-state index contributed by atoms with van der Waals surface area (Å²) in [5, 5.41) is 0. The van der Waals surface area contributed by atoms with Gasteiger partial charge < -0.3 is 0 Å². The van der Waals surface area contributed by atoms with Crippen LogP contribution in [0.25, 0.3) is 0 Å². The molecule has 0 saturated carbocycles. The minimum atomic E-state index is -0.361. The van der Waals surface area contributed by atoms with Gasteiger partial charge in [-0.25, -0.2) is 9.73 Å². The van der Waals surface area contributed by atoms with Crippen LogP contribution in [0, 0.1) is 0 Å². The molecule has 0 fully saturated rings. The van der Waals surface area contributed by atoms with Crippen molar-refractivity contribution in [2.45, 2.75) is 6.92 Å². The standard InChI is InChI=1S/C3H8FNO3/c1-3-7-5(4)8-6-2/h3H2,1-2H3. The Morgan fingerprint density at radius 1 is 1.62 bits per heavy atom. The fourth-order valence-corrected chi connectivity index (χ4v) is 0.182. The Labute approximate surface area is 46.5 Å². The second-order valence-corrected chi connectivity index (χ2v) is 0.872. The maximum atomic E-state index is 11.7. The van der Waals surface area contributed by atoms with Gasteiger partial charge in [0.2, 0.25) is 0 Å². The van der Waals surface area contributed by atoms with Gasteiger partial charge in [0.05, 0.1) is 13.7 Å². The summed E-state index contributed by atoms with van der Waals surface area (Å²) < 4.78 is 11.7. The molecule has 0 rings (SSSR count). The molecule has 0 bridgehead atoms. The van der Waals surface area contributed by atoms with Crippen molar-refractivity contribution < 1.29 is 19.2 Å². The summed E-state index contributed by atoms with van der Waals surface area (Å²) in [6, 6.07) is 0. The molecule has 0 N–H and O–H groups in total. The SMILES string of the molecule is CCON(F)OOC. The van der Waals surface area contributed by atoms with Gasteiger partial charge in [-0.2, -0.15) is 0 Å². The van der Waals surface area contributed by atoms with E-state index in [-0.39, 0.29) is 12.1 Å². The fourth-order valence-electron chi connectivity index (χ4n) is 0.182. The monoisotopic (exact) mass is 125 g/mol. The van der Waals surface area contributed by atoms with E-state index in [0.29, 0.717) is 0 Å². The third kappa shape index (κ3) is 3.94. The fraction of sp³-hybridized carbons (Fsp3) is 1.00. The molecular formula is C3H8FNO3. The Kier molecular flexibility index (Phi) is 4.78. The lowest BCUT2D eigenvalue weighted by atomic mass is 10.9. The van der Waals surface area contributed by atoms with Crippen molar-refractivity contribution in [2.24, 2.45) is 0 Å². The van der Waals surface area contributed by atoms with E-state index in [1.165, 1.54) is 7.11 Å². The first-order valence-corrected chi connectivity index (χ1v) is 2.10. The summed E-state index contributed by atoms with van der Waals surface area (Å²) in [5.74, 6) is 0. The molecule has 8 heavy (non-hydrogen) atoms. The van der Waals surface area contributed by atoms with E-state index < -0.39 is 0 Å². The normalized spacial score (nSPS) is 10.5. The van der Waals surface area contributed by atoms with Gasteiger partial charge in [-0.05, 0) is 6.92 Å². The van der Waals surface area contributed by atoms with Gasteiger partial charge in [0.25, 0.3) is 0 Å². The predicted molar refractivity (Wildman–Crippen MR) is 22.7 cm³/mol. The average Bonchev–Trinajstić information content (AvgIpc) is 1.68. The first-order chi connectivity index (χ1) is 3.81. The highest BCUT2D eigenvalue weighted by Gasteiger charge is 1.98. The number of hydrogen-bond donors (Lipinski definition) is 0. The highest BCUT2D eigenvalue weighted by molar-refractivity contribution is 3.93. The van der Waals surface area contributed by atoms with Gasteiger partial charge in [0.1, 0.15) is 5.45 Å². The Morgan fingerprint density at radius 2 is 2.25 bits per heavy atom. The summed E-state index contributed by atoms with van der Waals surface area (Å²) in [5.41, 5.74) is -0.361. The number of halogens is 1. The van der Waals surface area contributed by atoms with Gasteiger partial charge in [-0.1, -0.05) is 9.47 Å². The van der Waals surface area contributed by atoms with E-state index in [4.69, 9.17) is 0 Å². The van der Waals surface area contributed by atoms with Crippen LogP contribution in [0.3, 0.4) is 0 Å². The van der Waals surface area contributed by atoms with Crippen molar-refractivity contribution in [2.75, 3.05) is 13.7 Å². The molecule has 0 aromatic heterocycles. The van der Waals surface area contributed by atoms with Crippen LogP contribution >= 0.6 is 0 Å². The molecule has 0 spiro atoms. The van der Waals surface area contributed by atoms with Gasteiger partial charge in [0.15, 0.2) is 0 Å². The molecular weight excluding hydrogens is 117 g/mol. The molecule has 0 amide bonds. The van der Waals surface area contributed by atoms with Gasteiger partial charge in [-0.3, -0.25) is 0 Å². The zero-order valence-electron chi connectivity index (χ0n) is 4.76. The first-order valence-electron chi connectivity index (χ1n) is 2.10. The van der Waals surface area contributed by atoms with Crippen molar-refractivity contribution in [3.05, 3.63) is 0 Å². The van der Waals surface area contributed by atoms with Crippen LogP contribution in [0.5, 0.6) is 0 Å². The van der Waals surface area contributed by atoms with E-state index >= 15 is 0 Å². The van der Waals surface area contributed by atoms with Crippen molar-refractivity contribution in [1.82, 2.24) is 5.45 Å². The van der Waals surface area contributed by atoms with Crippen LogP contribution in [-0.2, 0) is 14.7 Å². The quantitative estimate of drug-likeness (QED) is 0.313. The third-order valence-electron chi connectivity index (χ3n) is 0.364. The Balaban J connectivity index is 2.92. The molecule has 50 valence electrons. The summed E-state index contributed by atoms with van der Waals surface area (Å²) in [6.07, 6.45) is 0. The molecule has 0 unspecified atom stereocenters. The van der Waals surface area contributed by atoms with E-state index in [0.717, 1.165) is 0 Å². The number of nitrogens with zero attached hydrogens (tertiary/aromatic N) is 1. The average molecular weight is 125 g/mol. The lowest BCUT2D eigenvalue weighted by molar-refractivity contribution is -0.578. The maximum Gasteiger partial charge on any atom is 0.148 e. The molecule has 4 nitrogen and oxygen atoms in total. The molecule has 0 aliphatic heterocycles. The first kappa shape index (κ1) is 7.77. The minimum absolute atomic E-state index is 0.194. The topological polar surface area (TPSA) is 30.9 Å². The molecule has 0 aromatic carbocycles. The summed E-state index contributed by atoms with van der Waals surface area (Å²) in [4.78, 5) is 11.7. The molecule has 0 heterocycles. The number of rotatable bonds is 4. The molecule has 0 radical (unpaired) electrons. The molecule has 5 heteroatoms. The Bertz CT molecular complexity index is 47.8. The lowest BCUT2D eigenvalue weighted by Gasteiger charge is -2.04. The van der Waals surface area contributed by atoms with Gasteiger partial charge in [0, 0.05) is 0 Å². The minimum Gasteiger partial charge on any atom is -0.245 e. The van der Waals surface area contributed by atoms with E-state index in [9.17, 15) is 4.48 Å². The maximum absolute atomic E-state index is 11.7. The highest BCUT2D eigenvalue weighted by Crippen LogP contribution is 1.90. The smallest absolute Gasteiger partial charge is 0.148 e. The van der Waals surface area contributed by atoms with Crippen LogP contribution in [0.2, 0.25) is 0 Å². The van der Waals surface area contributed by atoms with Crippen LogP contribution in [-0.4, -0.2) is 19.2 Å². The van der Waals surface area contributed by atoms with Crippen molar-refractivity contribution in [1.29, 1.82) is 0 Å². The molecule has 0 aliphatic carbocycles. The van der Waals surface area contributed by atoms with Crippen LogP contribution in [0.15, 0.2) is 0 Å². The van der Waals surface area contributed by atoms with E-state index in [1.807, 2.05) is 0 Å². The van der Waals surface area contributed by atoms with Crippen molar-refractivity contribution in [3.8, 4) is 0 Å². The van der Waals surface area contributed by atoms with Gasteiger partial charge in [-0.15, -0.1) is 0 Å². The van der Waals surface area contributed by atoms with E-state index in [2.05, 4.69) is 14.7 Å². The molecule has 0 atom stereocenters. The molecule has 0 aliphatic rings. The summed E-state index contributed by atoms with van der Waals surface area (Å²) >= 11 is 0. The van der Waals surface area contributed by atoms with Crippen molar-refractivity contribution >= 4 is 0 Å². The molecule has 0 aromatic rings. The van der Waals surface area contributed by atoms with Gasteiger partial charge >= 0.3 is 0 Å². The third-order valence-corrected chi connectivity index (χ3v) is 0.364.